The highest BCUT2D eigenvalue weighted by atomic mass is 32.2. The highest BCUT2D eigenvalue weighted by Gasteiger charge is 2.20. The van der Waals surface area contributed by atoms with E-state index >= 15 is 0 Å². The molecule has 0 fully saturated rings. The number of carbonyl (C=O) groups is 3. The molecule has 0 aliphatic rings. The lowest BCUT2D eigenvalue weighted by Gasteiger charge is -2.17. The van der Waals surface area contributed by atoms with Crippen molar-refractivity contribution in [3.8, 4) is 0 Å². The van der Waals surface area contributed by atoms with Crippen molar-refractivity contribution < 1.29 is 24.6 Å². The third-order valence-electron chi connectivity index (χ3n) is 2.25. The minimum absolute atomic E-state index is 0.00249. The van der Waals surface area contributed by atoms with Gasteiger partial charge in [-0.05, 0) is 18.4 Å². The number of rotatable bonds is 9. The smallest absolute Gasteiger partial charge is 0.332 e. The van der Waals surface area contributed by atoms with Gasteiger partial charge in [0.05, 0.1) is 0 Å². The van der Waals surface area contributed by atoms with Crippen LogP contribution in [0.3, 0.4) is 0 Å². The van der Waals surface area contributed by atoms with E-state index in [2.05, 4.69) is 10.6 Å². The molecule has 19 heavy (non-hydrogen) atoms. The molecule has 0 aromatic rings. The lowest BCUT2D eigenvalue weighted by atomic mass is 10.2. The summed E-state index contributed by atoms with van der Waals surface area (Å²) in [5, 5.41) is 22.2. The first-order chi connectivity index (χ1) is 8.88. The second-order valence-electron chi connectivity index (χ2n) is 3.78. The number of carboxylic acids is 1. The van der Waals surface area contributed by atoms with Crippen LogP contribution in [0.5, 0.6) is 0 Å². The van der Waals surface area contributed by atoms with E-state index in [1.807, 2.05) is 6.26 Å². The molecule has 0 aliphatic heterocycles. The Morgan fingerprint density at radius 3 is 2.42 bits per heavy atom. The number of nitrogens with two attached hydrogens (primary N) is 1. The minimum atomic E-state index is -1.52. The standard InChI is InChI=1S/C10H19N3O5S/c1-19-5-3-6(13-10(11)18)8(15)12-4-2-7(14)9(16)17/h6-7,14H,2-5H2,1H3,(H,12,15)(H,16,17)(H3,11,13,18). The van der Waals surface area contributed by atoms with Crippen LogP contribution >= 0.6 is 11.8 Å². The average molecular weight is 293 g/mol. The van der Waals surface area contributed by atoms with Crippen LogP contribution in [-0.4, -0.2) is 58.8 Å². The summed E-state index contributed by atoms with van der Waals surface area (Å²) in [4.78, 5) is 32.8. The molecular weight excluding hydrogens is 274 g/mol. The van der Waals surface area contributed by atoms with Crippen molar-refractivity contribution in [2.75, 3.05) is 18.6 Å². The van der Waals surface area contributed by atoms with Crippen LogP contribution in [0.1, 0.15) is 12.8 Å². The molecule has 2 atom stereocenters. The van der Waals surface area contributed by atoms with Gasteiger partial charge in [-0.25, -0.2) is 9.59 Å². The van der Waals surface area contributed by atoms with E-state index in [0.717, 1.165) is 0 Å². The predicted octanol–water partition coefficient (Wildman–Crippen LogP) is -1.27. The summed E-state index contributed by atoms with van der Waals surface area (Å²) in [7, 11) is 0. The number of carboxylic acid groups (broad SMARTS) is 1. The average Bonchev–Trinajstić information content (AvgIpc) is 2.33. The number of thioether (sulfide) groups is 1. The Hall–Kier alpha value is -1.48. The van der Waals surface area contributed by atoms with Gasteiger partial charge in [-0.1, -0.05) is 0 Å². The number of nitrogens with one attached hydrogen (secondary N) is 2. The number of hydrogen-bond donors (Lipinski definition) is 5. The quantitative estimate of drug-likeness (QED) is 0.359. The van der Waals surface area contributed by atoms with E-state index in [1.165, 1.54) is 11.8 Å². The number of aliphatic carboxylic acids is 1. The van der Waals surface area contributed by atoms with Crippen LogP contribution in [0.2, 0.25) is 0 Å². The second-order valence-corrected chi connectivity index (χ2v) is 4.76. The van der Waals surface area contributed by atoms with Crippen molar-refractivity contribution in [2.24, 2.45) is 5.73 Å². The van der Waals surface area contributed by atoms with Gasteiger partial charge >= 0.3 is 12.0 Å². The summed E-state index contributed by atoms with van der Waals surface area (Å²) in [6.07, 6.45) is 0.654. The Labute approximate surface area is 115 Å². The molecule has 0 bridgehead atoms. The predicted molar refractivity (Wildman–Crippen MR) is 70.8 cm³/mol. The fourth-order valence-corrected chi connectivity index (χ4v) is 1.73. The zero-order valence-electron chi connectivity index (χ0n) is 10.6. The normalized spacial score (nSPS) is 13.4. The number of carbonyl (C=O) groups excluding carboxylic acids is 2. The maximum Gasteiger partial charge on any atom is 0.332 e. The van der Waals surface area contributed by atoms with E-state index in [4.69, 9.17) is 15.9 Å². The van der Waals surface area contributed by atoms with Gasteiger partial charge in [0.1, 0.15) is 6.04 Å². The number of amides is 3. The van der Waals surface area contributed by atoms with Gasteiger partial charge in [-0.15, -0.1) is 0 Å². The Morgan fingerprint density at radius 1 is 1.32 bits per heavy atom. The molecule has 2 unspecified atom stereocenters. The number of aliphatic hydroxyl groups excluding tert-OH is 1. The van der Waals surface area contributed by atoms with E-state index in [9.17, 15) is 14.4 Å². The van der Waals surface area contributed by atoms with Gasteiger partial charge in [0, 0.05) is 13.0 Å². The van der Waals surface area contributed by atoms with Gasteiger partial charge < -0.3 is 26.6 Å². The lowest BCUT2D eigenvalue weighted by molar-refractivity contribution is -0.147. The number of urea groups is 1. The van der Waals surface area contributed by atoms with Gasteiger partial charge in [0.15, 0.2) is 6.10 Å². The van der Waals surface area contributed by atoms with Gasteiger partial charge in [0.25, 0.3) is 0 Å². The topological polar surface area (TPSA) is 142 Å². The number of aliphatic hydroxyl groups is 1. The Kier molecular flexibility index (Phi) is 8.71. The zero-order valence-corrected chi connectivity index (χ0v) is 11.4. The van der Waals surface area contributed by atoms with E-state index in [1.54, 1.807) is 0 Å². The van der Waals surface area contributed by atoms with Crippen LogP contribution < -0.4 is 16.4 Å². The van der Waals surface area contributed by atoms with E-state index < -0.39 is 30.1 Å². The van der Waals surface area contributed by atoms with Crippen molar-refractivity contribution >= 4 is 29.7 Å². The molecule has 110 valence electrons. The van der Waals surface area contributed by atoms with Gasteiger partial charge in [-0.2, -0.15) is 11.8 Å². The van der Waals surface area contributed by atoms with Crippen molar-refractivity contribution in [1.29, 1.82) is 0 Å². The highest BCUT2D eigenvalue weighted by molar-refractivity contribution is 7.98. The lowest BCUT2D eigenvalue weighted by Crippen LogP contribution is -2.49. The number of hydrogen-bond acceptors (Lipinski definition) is 5. The first-order valence-electron chi connectivity index (χ1n) is 5.62. The molecule has 0 aliphatic carbocycles. The Bertz CT molecular complexity index is 326. The monoisotopic (exact) mass is 293 g/mol. The molecule has 9 heteroatoms. The van der Waals surface area contributed by atoms with E-state index in [-0.39, 0.29) is 13.0 Å². The van der Waals surface area contributed by atoms with Crippen molar-refractivity contribution in [1.82, 2.24) is 10.6 Å². The highest BCUT2D eigenvalue weighted by Crippen LogP contribution is 2.01. The molecule has 0 heterocycles. The first-order valence-corrected chi connectivity index (χ1v) is 7.01. The molecule has 0 spiro atoms. The maximum atomic E-state index is 11.7. The maximum absolute atomic E-state index is 11.7. The molecule has 8 nitrogen and oxygen atoms in total. The van der Waals surface area contributed by atoms with Crippen LogP contribution in [0.25, 0.3) is 0 Å². The summed E-state index contributed by atoms with van der Waals surface area (Å²) in [6.45, 7) is 0.00249. The fraction of sp³-hybridized carbons (Fsp3) is 0.700. The summed E-state index contributed by atoms with van der Waals surface area (Å²) in [5.41, 5.74) is 4.96. The van der Waals surface area contributed by atoms with Crippen molar-refractivity contribution in [2.45, 2.75) is 25.0 Å². The van der Waals surface area contributed by atoms with E-state index in [0.29, 0.717) is 12.2 Å². The molecule has 6 N–H and O–H groups in total. The molecule has 0 rings (SSSR count). The van der Waals surface area contributed by atoms with Crippen LogP contribution in [0.4, 0.5) is 4.79 Å². The van der Waals surface area contributed by atoms with Crippen LogP contribution in [-0.2, 0) is 9.59 Å². The van der Waals surface area contributed by atoms with Gasteiger partial charge in [0.2, 0.25) is 5.91 Å². The second kappa shape index (κ2) is 9.45. The molecule has 3 amide bonds. The number of primary amides is 1. The summed E-state index contributed by atoms with van der Waals surface area (Å²) in [5.74, 6) is -1.13. The van der Waals surface area contributed by atoms with Crippen molar-refractivity contribution in [3.63, 3.8) is 0 Å². The summed E-state index contributed by atoms with van der Waals surface area (Å²) < 4.78 is 0. The third-order valence-corrected chi connectivity index (χ3v) is 2.89. The van der Waals surface area contributed by atoms with Crippen LogP contribution in [0.15, 0.2) is 0 Å². The molecule has 0 saturated heterocycles. The molecule has 0 radical (unpaired) electrons. The summed E-state index contributed by atoms with van der Waals surface area (Å²) in [6, 6.07) is -1.56. The van der Waals surface area contributed by atoms with Crippen LogP contribution in [0, 0.1) is 0 Å². The summed E-state index contributed by atoms with van der Waals surface area (Å²) >= 11 is 1.52. The Morgan fingerprint density at radius 2 is 1.95 bits per heavy atom. The third kappa shape index (κ3) is 8.27. The van der Waals surface area contributed by atoms with Crippen molar-refractivity contribution in [3.05, 3.63) is 0 Å². The fourth-order valence-electron chi connectivity index (χ4n) is 1.25. The SMILES string of the molecule is CSCCC(NC(N)=O)C(=O)NCCC(O)C(=O)O. The molecule has 0 saturated carbocycles. The minimum Gasteiger partial charge on any atom is -0.479 e. The molecule has 0 aromatic carbocycles. The first kappa shape index (κ1) is 17.5. The Balaban J connectivity index is 4.16. The molecule has 0 aromatic heterocycles. The zero-order chi connectivity index (χ0) is 14.8. The van der Waals surface area contributed by atoms with Gasteiger partial charge in [-0.3, -0.25) is 4.79 Å². The molecular formula is C10H19N3O5S. The largest absolute Gasteiger partial charge is 0.479 e.